The Bertz CT molecular complexity index is 1160. The van der Waals surface area contributed by atoms with Crippen LogP contribution in [0.15, 0.2) is 36.7 Å². The fourth-order valence-corrected chi connectivity index (χ4v) is 5.04. The largest absolute Gasteiger partial charge is 0.481 e. The van der Waals surface area contributed by atoms with Gasteiger partial charge < -0.3 is 14.5 Å². The Balaban J connectivity index is 1.14. The normalized spacial score (nSPS) is 25.2. The molecule has 0 unspecified atom stereocenters. The molecule has 2 aliphatic carbocycles. The summed E-state index contributed by atoms with van der Waals surface area (Å²) in [6.45, 7) is 0.460. The van der Waals surface area contributed by atoms with Gasteiger partial charge in [0, 0.05) is 63.2 Å². The van der Waals surface area contributed by atoms with Crippen molar-refractivity contribution in [3.63, 3.8) is 0 Å². The van der Waals surface area contributed by atoms with Gasteiger partial charge in [-0.3, -0.25) is 14.4 Å². The van der Waals surface area contributed by atoms with E-state index in [1.54, 1.807) is 60.6 Å². The quantitative estimate of drug-likeness (QED) is 0.543. The van der Waals surface area contributed by atoms with Crippen molar-refractivity contribution in [2.75, 3.05) is 25.5 Å². The van der Waals surface area contributed by atoms with Crippen molar-refractivity contribution >= 4 is 23.3 Å². The first-order valence-corrected chi connectivity index (χ1v) is 12.1. The summed E-state index contributed by atoms with van der Waals surface area (Å²) in [6.07, 6.45) is 3.72. The third-order valence-corrected chi connectivity index (χ3v) is 7.30. The topological polar surface area (TPSA) is 92.7 Å². The van der Waals surface area contributed by atoms with Crippen molar-refractivity contribution in [2.45, 2.75) is 50.0 Å². The lowest BCUT2D eigenvalue weighted by Gasteiger charge is -2.34. The molecule has 1 aromatic carbocycles. The molecule has 3 fully saturated rings. The van der Waals surface area contributed by atoms with Crippen LogP contribution in [0.4, 0.5) is 14.5 Å². The van der Waals surface area contributed by atoms with Gasteiger partial charge in [-0.1, -0.05) is 0 Å². The number of rotatable bonds is 7. The van der Waals surface area contributed by atoms with Crippen LogP contribution in [0.3, 0.4) is 0 Å². The smallest absolute Gasteiger partial charge is 0.268 e. The number of ether oxygens (including phenoxy) is 1. The van der Waals surface area contributed by atoms with Crippen molar-refractivity contribution in [3.8, 4) is 5.75 Å². The Morgan fingerprint density at radius 1 is 1.06 bits per heavy atom. The first kappa shape index (κ1) is 24.3. The molecule has 36 heavy (non-hydrogen) atoms. The number of hydrogen-bond donors (Lipinski definition) is 0. The second-order valence-corrected chi connectivity index (χ2v) is 10.1. The molecular weight excluding hydrogens is 470 g/mol. The monoisotopic (exact) mass is 498 g/mol. The molecule has 1 aromatic heterocycles. The van der Waals surface area contributed by atoms with Crippen molar-refractivity contribution in [3.05, 3.63) is 48.0 Å². The highest BCUT2D eigenvalue weighted by atomic mass is 19.3. The summed E-state index contributed by atoms with van der Waals surface area (Å²) in [5.74, 6) is -2.47. The number of Topliss-reactive ketones (excluding diaryl/α,β-unsaturated/α-hetero) is 1. The summed E-state index contributed by atoms with van der Waals surface area (Å²) in [5, 5.41) is 0. The van der Waals surface area contributed by atoms with Crippen LogP contribution in [0.1, 0.15) is 54.2 Å². The van der Waals surface area contributed by atoms with Gasteiger partial charge in [-0.15, -0.1) is 0 Å². The van der Waals surface area contributed by atoms with E-state index in [2.05, 4.69) is 9.97 Å². The Morgan fingerprint density at radius 2 is 1.69 bits per heavy atom. The van der Waals surface area contributed by atoms with E-state index < -0.39 is 30.8 Å². The van der Waals surface area contributed by atoms with E-state index in [0.29, 0.717) is 35.8 Å². The number of anilines is 1. The third kappa shape index (κ3) is 4.68. The number of carbonyl (C=O) groups is 3. The predicted molar refractivity (Wildman–Crippen MR) is 126 cm³/mol. The molecule has 10 heteroatoms. The Hall–Kier alpha value is -3.43. The number of carbonyl (C=O) groups excluding carboxylic acids is 3. The summed E-state index contributed by atoms with van der Waals surface area (Å²) in [7, 11) is 3.51. The SMILES string of the molecule is CN(C)C(=O)C1CC(c2ncc(N3CC[C@@H](Oc4ccc(C(=O)C5CC(F)(F)C5)cc4)C3=O)cn2)C1. The lowest BCUT2D eigenvalue weighted by atomic mass is 9.73. The summed E-state index contributed by atoms with van der Waals surface area (Å²) in [6, 6.07) is 6.28. The standard InChI is InChI=1S/C26H28F2N4O4/c1-31(2)24(34)17-9-16(10-17)23-29-13-19(14-30-23)32-8-7-21(25(32)35)36-20-5-3-15(4-6-20)22(33)18-11-26(27,28)12-18/h3-6,13-14,16-18,21H,7-12H2,1-2H3/t16?,17?,21-/m1/s1. The minimum Gasteiger partial charge on any atom is -0.481 e. The van der Waals surface area contributed by atoms with Gasteiger partial charge >= 0.3 is 0 Å². The summed E-state index contributed by atoms with van der Waals surface area (Å²) < 4.78 is 32.0. The Kier molecular flexibility index (Phi) is 6.22. The van der Waals surface area contributed by atoms with Crippen molar-refractivity contribution in [2.24, 2.45) is 11.8 Å². The molecule has 1 saturated heterocycles. The molecule has 0 spiro atoms. The van der Waals surface area contributed by atoms with E-state index >= 15 is 0 Å². The maximum atomic E-state index is 13.1. The van der Waals surface area contributed by atoms with Crippen LogP contribution in [-0.2, 0) is 9.59 Å². The summed E-state index contributed by atoms with van der Waals surface area (Å²) in [4.78, 5) is 49.3. The van der Waals surface area contributed by atoms with Gasteiger partial charge in [-0.2, -0.15) is 0 Å². The van der Waals surface area contributed by atoms with E-state index in [1.165, 1.54) is 0 Å². The van der Waals surface area contributed by atoms with E-state index in [0.717, 1.165) is 12.8 Å². The molecule has 2 saturated carbocycles. The number of amides is 2. The number of benzene rings is 1. The lowest BCUT2D eigenvalue weighted by molar-refractivity contribution is -0.136. The molecule has 2 heterocycles. The first-order valence-electron chi connectivity index (χ1n) is 12.1. The zero-order valence-electron chi connectivity index (χ0n) is 20.2. The van der Waals surface area contributed by atoms with E-state index in [4.69, 9.17) is 4.74 Å². The molecule has 0 N–H and O–H groups in total. The average Bonchev–Trinajstić information content (AvgIpc) is 3.16. The first-order chi connectivity index (χ1) is 17.1. The second kappa shape index (κ2) is 9.22. The van der Waals surface area contributed by atoms with Gasteiger partial charge in [-0.25, -0.2) is 18.7 Å². The maximum Gasteiger partial charge on any atom is 0.268 e. The maximum absolute atomic E-state index is 13.1. The third-order valence-electron chi connectivity index (χ3n) is 7.30. The van der Waals surface area contributed by atoms with Gasteiger partial charge in [0.1, 0.15) is 11.6 Å². The summed E-state index contributed by atoms with van der Waals surface area (Å²) >= 11 is 0. The molecule has 8 nitrogen and oxygen atoms in total. The van der Waals surface area contributed by atoms with Crippen molar-refractivity contribution in [1.29, 1.82) is 0 Å². The van der Waals surface area contributed by atoms with Gasteiger partial charge in [0.2, 0.25) is 11.8 Å². The average molecular weight is 499 g/mol. The Morgan fingerprint density at radius 3 is 2.28 bits per heavy atom. The van der Waals surface area contributed by atoms with Crippen LogP contribution in [0.5, 0.6) is 5.75 Å². The highest BCUT2D eigenvalue weighted by molar-refractivity contribution is 5.99. The Labute approximate surface area is 207 Å². The number of alkyl halides is 2. The minimum absolute atomic E-state index is 0.0153. The molecule has 2 amide bonds. The van der Waals surface area contributed by atoms with Gasteiger partial charge in [0.25, 0.3) is 5.91 Å². The molecule has 3 aliphatic rings. The molecular formula is C26H28F2N4O4. The molecule has 2 aromatic rings. The molecule has 1 atom stereocenters. The second-order valence-electron chi connectivity index (χ2n) is 10.1. The number of ketones is 1. The van der Waals surface area contributed by atoms with Crippen molar-refractivity contribution < 1.29 is 27.9 Å². The van der Waals surface area contributed by atoms with Crippen LogP contribution >= 0.6 is 0 Å². The van der Waals surface area contributed by atoms with E-state index in [-0.39, 0.29) is 29.4 Å². The highest BCUT2D eigenvalue weighted by Crippen LogP contribution is 2.44. The zero-order valence-corrected chi connectivity index (χ0v) is 20.2. The number of halogens is 2. The van der Waals surface area contributed by atoms with E-state index in [1.807, 2.05) is 0 Å². The van der Waals surface area contributed by atoms with Crippen molar-refractivity contribution in [1.82, 2.24) is 14.9 Å². The van der Waals surface area contributed by atoms with Gasteiger partial charge in [-0.05, 0) is 37.1 Å². The lowest BCUT2D eigenvalue weighted by Crippen LogP contribution is -2.39. The zero-order chi connectivity index (χ0) is 25.6. The molecule has 5 rings (SSSR count). The number of aromatic nitrogens is 2. The molecule has 0 radical (unpaired) electrons. The van der Waals surface area contributed by atoms with Crippen LogP contribution in [0, 0.1) is 11.8 Å². The summed E-state index contributed by atoms with van der Waals surface area (Å²) in [5.41, 5.74) is 0.955. The van der Waals surface area contributed by atoms with Crippen LogP contribution < -0.4 is 9.64 Å². The van der Waals surface area contributed by atoms with Gasteiger partial charge in [0.15, 0.2) is 11.9 Å². The molecule has 1 aliphatic heterocycles. The van der Waals surface area contributed by atoms with E-state index in [9.17, 15) is 23.2 Å². The fraction of sp³-hybridized carbons (Fsp3) is 0.500. The van der Waals surface area contributed by atoms with Crippen LogP contribution in [0.2, 0.25) is 0 Å². The minimum atomic E-state index is -2.74. The van der Waals surface area contributed by atoms with Crippen LogP contribution in [0.25, 0.3) is 0 Å². The van der Waals surface area contributed by atoms with Gasteiger partial charge in [0.05, 0.1) is 18.1 Å². The van der Waals surface area contributed by atoms with Crippen LogP contribution in [-0.4, -0.2) is 65.1 Å². The fourth-order valence-electron chi connectivity index (χ4n) is 5.04. The molecule has 190 valence electrons. The number of hydrogen-bond acceptors (Lipinski definition) is 6. The predicted octanol–water partition coefficient (Wildman–Crippen LogP) is 3.47. The molecule has 0 bridgehead atoms. The number of nitrogens with zero attached hydrogens (tertiary/aromatic N) is 4. The highest BCUT2D eigenvalue weighted by Gasteiger charge is 2.48.